The summed E-state index contributed by atoms with van der Waals surface area (Å²) in [6.07, 6.45) is 0. The first-order chi connectivity index (χ1) is 11.5. The minimum atomic E-state index is -3.04. The summed E-state index contributed by atoms with van der Waals surface area (Å²) in [5.74, 6) is 1.66. The molecule has 25 heavy (non-hydrogen) atoms. The highest BCUT2D eigenvalue weighted by atomic mass is 127. The van der Waals surface area contributed by atoms with Crippen LogP contribution in [0.1, 0.15) is 6.92 Å². The third kappa shape index (κ3) is 7.74. The van der Waals surface area contributed by atoms with Gasteiger partial charge in [-0.15, -0.1) is 24.0 Å². The second-order valence-electron chi connectivity index (χ2n) is 5.07. The highest BCUT2D eigenvalue weighted by Gasteiger charge is 2.06. The standard InChI is InChI=1S/C17H21N3O3S.HI/c1-2-24(21,22)12-11-19-17(18)20-14-7-6-10-16(13-14)23-15-8-4-3-5-9-15;/h3-10,13H,2,11-12H2,1H3,(H3,18,19,20);1H. The van der Waals surface area contributed by atoms with E-state index in [1.165, 1.54) is 0 Å². The average Bonchev–Trinajstić information content (AvgIpc) is 2.56. The molecule has 2 aromatic carbocycles. The number of anilines is 1. The predicted molar refractivity (Wildman–Crippen MR) is 113 cm³/mol. The van der Waals surface area contributed by atoms with Gasteiger partial charge in [-0.25, -0.2) is 8.42 Å². The molecule has 0 atom stereocenters. The molecular weight excluding hydrogens is 453 g/mol. The van der Waals surface area contributed by atoms with E-state index in [1.54, 1.807) is 13.0 Å². The third-order valence-electron chi connectivity index (χ3n) is 3.21. The van der Waals surface area contributed by atoms with Crippen LogP contribution in [0.15, 0.2) is 59.6 Å². The molecular formula is C17H22IN3O3S. The van der Waals surface area contributed by atoms with Crippen LogP contribution in [0.3, 0.4) is 0 Å². The molecule has 0 aliphatic heterocycles. The minimum absolute atomic E-state index is 0. The number of sulfone groups is 1. The molecule has 2 aromatic rings. The van der Waals surface area contributed by atoms with Crippen LogP contribution in [0.5, 0.6) is 11.5 Å². The van der Waals surface area contributed by atoms with Crippen molar-refractivity contribution in [3.8, 4) is 11.5 Å². The van der Waals surface area contributed by atoms with Gasteiger partial charge in [-0.05, 0) is 24.3 Å². The molecule has 3 N–H and O–H groups in total. The molecule has 0 fully saturated rings. The molecule has 0 bridgehead atoms. The SMILES string of the molecule is CCS(=O)(=O)CCN=C(N)Nc1cccc(Oc2ccccc2)c1.I. The second-order valence-corrected chi connectivity index (χ2v) is 7.54. The van der Waals surface area contributed by atoms with E-state index in [9.17, 15) is 8.42 Å². The lowest BCUT2D eigenvalue weighted by molar-refractivity contribution is 0.483. The van der Waals surface area contributed by atoms with Crippen LogP contribution >= 0.6 is 24.0 Å². The maximum absolute atomic E-state index is 11.4. The molecule has 0 aromatic heterocycles. The molecule has 0 amide bonds. The predicted octanol–water partition coefficient (Wildman–Crippen LogP) is 3.26. The minimum Gasteiger partial charge on any atom is -0.457 e. The molecule has 0 aliphatic carbocycles. The highest BCUT2D eigenvalue weighted by Crippen LogP contribution is 2.23. The molecule has 0 unspecified atom stereocenters. The van der Waals surface area contributed by atoms with Crippen molar-refractivity contribution in [2.75, 3.05) is 23.4 Å². The van der Waals surface area contributed by atoms with E-state index in [1.807, 2.05) is 48.5 Å². The van der Waals surface area contributed by atoms with E-state index in [0.29, 0.717) is 11.4 Å². The fraction of sp³-hybridized carbons (Fsp3) is 0.235. The summed E-state index contributed by atoms with van der Waals surface area (Å²) < 4.78 is 28.6. The summed E-state index contributed by atoms with van der Waals surface area (Å²) in [7, 11) is -3.04. The summed E-state index contributed by atoms with van der Waals surface area (Å²) in [6, 6.07) is 16.7. The first kappa shape index (κ1) is 21.2. The maximum atomic E-state index is 11.4. The van der Waals surface area contributed by atoms with Gasteiger partial charge in [-0.1, -0.05) is 31.2 Å². The topological polar surface area (TPSA) is 93.8 Å². The summed E-state index contributed by atoms with van der Waals surface area (Å²) in [6.45, 7) is 1.74. The molecule has 8 heteroatoms. The van der Waals surface area contributed by atoms with Crippen LogP contribution in [-0.2, 0) is 9.84 Å². The monoisotopic (exact) mass is 475 g/mol. The van der Waals surface area contributed by atoms with Crippen molar-refractivity contribution in [3.63, 3.8) is 0 Å². The van der Waals surface area contributed by atoms with Gasteiger partial charge in [0.1, 0.15) is 11.5 Å². The number of nitrogens with two attached hydrogens (primary N) is 1. The number of rotatable bonds is 7. The van der Waals surface area contributed by atoms with Crippen molar-refractivity contribution >= 4 is 45.5 Å². The molecule has 0 heterocycles. The number of guanidine groups is 1. The number of nitrogens with zero attached hydrogens (tertiary/aromatic N) is 1. The van der Waals surface area contributed by atoms with E-state index < -0.39 is 9.84 Å². The number of hydrogen-bond acceptors (Lipinski definition) is 4. The van der Waals surface area contributed by atoms with Crippen LogP contribution in [0.25, 0.3) is 0 Å². The number of ether oxygens (including phenoxy) is 1. The van der Waals surface area contributed by atoms with Crippen LogP contribution in [0.2, 0.25) is 0 Å². The molecule has 0 aliphatic rings. The summed E-state index contributed by atoms with van der Waals surface area (Å²) in [5.41, 5.74) is 6.49. The van der Waals surface area contributed by atoms with E-state index in [4.69, 9.17) is 10.5 Å². The summed E-state index contributed by atoms with van der Waals surface area (Å²) in [4.78, 5) is 4.03. The Hall–Kier alpha value is -1.81. The van der Waals surface area contributed by atoms with Crippen molar-refractivity contribution in [1.82, 2.24) is 0 Å². The normalized spacial score (nSPS) is 11.5. The van der Waals surface area contributed by atoms with Gasteiger partial charge in [0.25, 0.3) is 0 Å². The molecule has 136 valence electrons. The van der Waals surface area contributed by atoms with Gasteiger partial charge >= 0.3 is 0 Å². The van der Waals surface area contributed by atoms with Gasteiger partial charge in [0.15, 0.2) is 15.8 Å². The molecule has 0 radical (unpaired) electrons. The largest absolute Gasteiger partial charge is 0.457 e. The van der Waals surface area contributed by atoms with Crippen LogP contribution < -0.4 is 15.8 Å². The lowest BCUT2D eigenvalue weighted by atomic mass is 10.3. The third-order valence-corrected chi connectivity index (χ3v) is 4.89. The van der Waals surface area contributed by atoms with Gasteiger partial charge < -0.3 is 15.8 Å². The van der Waals surface area contributed by atoms with Gasteiger partial charge in [0.05, 0.1) is 12.3 Å². The Bertz CT molecular complexity index is 796. The Morgan fingerprint density at radius 3 is 2.48 bits per heavy atom. The maximum Gasteiger partial charge on any atom is 0.193 e. The quantitative estimate of drug-likeness (QED) is 0.364. The summed E-state index contributed by atoms with van der Waals surface area (Å²) in [5, 5.41) is 2.93. The number of aliphatic imine (C=N–C) groups is 1. The number of nitrogens with one attached hydrogen (secondary N) is 1. The van der Waals surface area contributed by atoms with E-state index in [-0.39, 0.29) is 48.0 Å². The first-order valence-corrected chi connectivity index (χ1v) is 9.41. The number of halogens is 1. The molecule has 6 nitrogen and oxygen atoms in total. The number of para-hydroxylation sites is 1. The Labute approximate surface area is 165 Å². The van der Waals surface area contributed by atoms with Gasteiger partial charge in [0, 0.05) is 17.5 Å². The van der Waals surface area contributed by atoms with Gasteiger partial charge in [-0.2, -0.15) is 0 Å². The first-order valence-electron chi connectivity index (χ1n) is 7.59. The molecule has 0 saturated carbocycles. The van der Waals surface area contributed by atoms with Crippen LogP contribution in [0, 0.1) is 0 Å². The summed E-state index contributed by atoms with van der Waals surface area (Å²) >= 11 is 0. The number of hydrogen-bond donors (Lipinski definition) is 2. The second kappa shape index (κ2) is 10.2. The molecule has 0 spiro atoms. The Morgan fingerprint density at radius 1 is 1.12 bits per heavy atom. The zero-order valence-electron chi connectivity index (χ0n) is 13.9. The smallest absolute Gasteiger partial charge is 0.193 e. The van der Waals surface area contributed by atoms with E-state index in [0.717, 1.165) is 5.75 Å². The van der Waals surface area contributed by atoms with Gasteiger partial charge in [-0.3, -0.25) is 4.99 Å². The lowest BCUT2D eigenvalue weighted by Gasteiger charge is -2.09. The van der Waals surface area contributed by atoms with Gasteiger partial charge in [0.2, 0.25) is 0 Å². The Kier molecular flexibility index (Phi) is 8.70. The zero-order chi connectivity index (χ0) is 17.4. The molecule has 2 rings (SSSR count). The van der Waals surface area contributed by atoms with Crippen LogP contribution in [0.4, 0.5) is 5.69 Å². The van der Waals surface area contributed by atoms with E-state index in [2.05, 4.69) is 10.3 Å². The van der Waals surface area contributed by atoms with Crippen molar-refractivity contribution in [3.05, 3.63) is 54.6 Å². The van der Waals surface area contributed by atoms with Crippen molar-refractivity contribution in [2.45, 2.75) is 6.92 Å². The lowest BCUT2D eigenvalue weighted by Crippen LogP contribution is -2.24. The Balaban J connectivity index is 0.00000312. The van der Waals surface area contributed by atoms with Crippen molar-refractivity contribution in [1.29, 1.82) is 0 Å². The Morgan fingerprint density at radius 2 is 1.80 bits per heavy atom. The fourth-order valence-electron chi connectivity index (χ4n) is 1.90. The average molecular weight is 475 g/mol. The van der Waals surface area contributed by atoms with Crippen LogP contribution in [-0.4, -0.2) is 32.4 Å². The number of benzene rings is 2. The fourth-order valence-corrected chi connectivity index (χ4v) is 2.56. The van der Waals surface area contributed by atoms with E-state index >= 15 is 0 Å². The molecule has 0 saturated heterocycles. The zero-order valence-corrected chi connectivity index (χ0v) is 17.0. The highest BCUT2D eigenvalue weighted by molar-refractivity contribution is 14.0. The van der Waals surface area contributed by atoms with Crippen molar-refractivity contribution in [2.24, 2.45) is 10.7 Å². The van der Waals surface area contributed by atoms with Crippen molar-refractivity contribution < 1.29 is 13.2 Å².